The van der Waals surface area contributed by atoms with Crippen LogP contribution in [0.3, 0.4) is 0 Å². The zero-order chi connectivity index (χ0) is 12.7. The Bertz CT molecular complexity index is 380. The normalized spacial score (nSPS) is 13.6. The number of aryl methyl sites for hydroxylation is 1. The molecule has 0 unspecified atom stereocenters. The fourth-order valence-electron chi connectivity index (χ4n) is 1.24. The molecule has 0 spiro atoms. The van der Waals surface area contributed by atoms with E-state index < -0.39 is 8.13 Å². The van der Waals surface area contributed by atoms with E-state index in [-0.39, 0.29) is 6.04 Å². The number of nitrogens with zero attached hydrogens (tertiary/aromatic N) is 3. The van der Waals surface area contributed by atoms with Gasteiger partial charge in [-0.1, -0.05) is 63.2 Å². The maximum atomic E-state index is 6.10. The Balaban J connectivity index is 3.37. The summed E-state index contributed by atoms with van der Waals surface area (Å²) in [6, 6.07) is 0.0143. The summed E-state index contributed by atoms with van der Waals surface area (Å²) in [6.07, 6.45) is 0. The van der Waals surface area contributed by atoms with Crippen molar-refractivity contribution in [2.24, 2.45) is 0 Å². The molecule has 0 radical (unpaired) electrons. The van der Waals surface area contributed by atoms with Crippen LogP contribution in [0.5, 0.6) is 0 Å². The third-order valence-corrected chi connectivity index (χ3v) is 4.36. The highest BCUT2D eigenvalue weighted by Crippen LogP contribution is 2.53. The first-order chi connectivity index (χ1) is 7.09. The molecule has 1 aromatic heterocycles. The van der Waals surface area contributed by atoms with Crippen molar-refractivity contribution in [2.75, 3.05) is 0 Å². The van der Waals surface area contributed by atoms with E-state index in [0.717, 1.165) is 0 Å². The van der Waals surface area contributed by atoms with E-state index in [1.807, 2.05) is 13.8 Å². The molecule has 1 rings (SSSR count). The lowest BCUT2D eigenvalue weighted by atomic mass is 10.2. The lowest BCUT2D eigenvalue weighted by molar-refractivity contribution is 0.485. The Kier molecular flexibility index (Phi) is 4.30. The van der Waals surface area contributed by atoms with E-state index in [2.05, 4.69) is 10.3 Å². The zero-order valence-electron chi connectivity index (χ0n) is 8.81. The van der Waals surface area contributed by atoms with Gasteiger partial charge in [0.1, 0.15) is 5.69 Å². The SMILES string of the molecule is Cc1nnn(C(C)C)c1C(Cl)(Cl)C(Cl)(Cl)Cl. The lowest BCUT2D eigenvalue weighted by Gasteiger charge is -2.28. The van der Waals surface area contributed by atoms with Crippen molar-refractivity contribution in [2.45, 2.75) is 34.9 Å². The Morgan fingerprint density at radius 3 is 2.00 bits per heavy atom. The zero-order valence-corrected chi connectivity index (χ0v) is 12.6. The van der Waals surface area contributed by atoms with Crippen LogP contribution in [0.25, 0.3) is 0 Å². The summed E-state index contributed by atoms with van der Waals surface area (Å²) in [5.41, 5.74) is 0.927. The van der Waals surface area contributed by atoms with Crippen LogP contribution in [0.15, 0.2) is 0 Å². The molecule has 0 saturated carbocycles. The Morgan fingerprint density at radius 1 is 1.12 bits per heavy atom. The van der Waals surface area contributed by atoms with E-state index in [0.29, 0.717) is 11.4 Å². The van der Waals surface area contributed by atoms with Crippen LogP contribution in [0.2, 0.25) is 0 Å². The molecule has 0 atom stereocenters. The largest absolute Gasteiger partial charge is 0.243 e. The van der Waals surface area contributed by atoms with E-state index in [4.69, 9.17) is 58.0 Å². The second-order valence-electron chi connectivity index (χ2n) is 3.63. The molecule has 3 nitrogen and oxygen atoms in total. The summed E-state index contributed by atoms with van der Waals surface area (Å²) in [4.78, 5) is 0. The highest BCUT2D eigenvalue weighted by molar-refractivity contribution is 6.75. The third-order valence-electron chi connectivity index (χ3n) is 2.01. The molecule has 1 aromatic rings. The van der Waals surface area contributed by atoms with Crippen LogP contribution in [0.4, 0.5) is 0 Å². The van der Waals surface area contributed by atoms with Gasteiger partial charge < -0.3 is 0 Å². The first kappa shape index (κ1) is 14.7. The molecule has 0 aromatic carbocycles. The van der Waals surface area contributed by atoms with Gasteiger partial charge in [-0.3, -0.25) is 0 Å². The van der Waals surface area contributed by atoms with Crippen LogP contribution in [-0.2, 0) is 4.33 Å². The minimum absolute atomic E-state index is 0.0143. The standard InChI is InChI=1S/C8H10Cl5N3/c1-4(2)16-6(5(3)14-15-16)7(9,10)8(11,12)13/h4H,1-3H3. The lowest BCUT2D eigenvalue weighted by Crippen LogP contribution is -2.32. The summed E-state index contributed by atoms with van der Waals surface area (Å²) in [5.74, 6) is 0. The molecule has 8 heteroatoms. The Labute approximate surface area is 119 Å². The van der Waals surface area contributed by atoms with E-state index >= 15 is 0 Å². The van der Waals surface area contributed by atoms with Gasteiger partial charge in [0.05, 0.1) is 5.69 Å². The van der Waals surface area contributed by atoms with Crippen molar-refractivity contribution < 1.29 is 0 Å². The smallest absolute Gasteiger partial charge is 0.228 e. The van der Waals surface area contributed by atoms with Crippen molar-refractivity contribution >= 4 is 58.0 Å². The van der Waals surface area contributed by atoms with Gasteiger partial charge in [-0.15, -0.1) is 5.10 Å². The van der Waals surface area contributed by atoms with Crippen molar-refractivity contribution in [1.82, 2.24) is 15.0 Å². The second kappa shape index (κ2) is 4.69. The second-order valence-corrected chi connectivity index (χ2v) is 7.24. The number of hydrogen-bond acceptors (Lipinski definition) is 2. The van der Waals surface area contributed by atoms with Gasteiger partial charge in [-0.25, -0.2) is 4.68 Å². The molecular formula is C8H10Cl5N3. The van der Waals surface area contributed by atoms with Crippen molar-refractivity contribution in [3.8, 4) is 0 Å². The van der Waals surface area contributed by atoms with Crippen LogP contribution in [0.1, 0.15) is 31.3 Å². The molecule has 0 aliphatic rings. The summed E-state index contributed by atoms with van der Waals surface area (Å²) in [7, 11) is 0. The van der Waals surface area contributed by atoms with Gasteiger partial charge in [0.15, 0.2) is 0 Å². The molecule has 92 valence electrons. The summed E-state index contributed by atoms with van der Waals surface area (Å²) < 4.78 is -2.03. The molecule has 16 heavy (non-hydrogen) atoms. The Hall–Kier alpha value is 0.590. The highest BCUT2D eigenvalue weighted by atomic mass is 35.6. The van der Waals surface area contributed by atoms with Gasteiger partial charge >= 0.3 is 0 Å². The quantitative estimate of drug-likeness (QED) is 0.764. The van der Waals surface area contributed by atoms with Gasteiger partial charge in [-0.2, -0.15) is 0 Å². The van der Waals surface area contributed by atoms with Crippen LogP contribution in [0, 0.1) is 6.92 Å². The molecule has 0 aliphatic carbocycles. The van der Waals surface area contributed by atoms with E-state index in [9.17, 15) is 0 Å². The number of aromatic nitrogens is 3. The third kappa shape index (κ3) is 2.54. The van der Waals surface area contributed by atoms with Gasteiger partial charge in [-0.05, 0) is 20.8 Å². The molecule has 0 aliphatic heterocycles. The predicted octanol–water partition coefficient (Wildman–Crippen LogP) is 4.17. The van der Waals surface area contributed by atoms with Crippen molar-refractivity contribution in [1.29, 1.82) is 0 Å². The first-order valence-corrected chi connectivity index (χ1v) is 6.34. The molecule has 0 fully saturated rings. The number of hydrogen-bond donors (Lipinski definition) is 0. The monoisotopic (exact) mass is 323 g/mol. The van der Waals surface area contributed by atoms with Gasteiger partial charge in [0.25, 0.3) is 0 Å². The maximum absolute atomic E-state index is 6.10. The van der Waals surface area contributed by atoms with Gasteiger partial charge in [0, 0.05) is 6.04 Å². The summed E-state index contributed by atoms with van der Waals surface area (Å²) in [6.45, 7) is 5.51. The minimum Gasteiger partial charge on any atom is -0.243 e. The molecule has 0 saturated heterocycles. The van der Waals surface area contributed by atoms with E-state index in [1.165, 1.54) is 4.68 Å². The average Bonchev–Trinajstić information content (AvgIpc) is 2.45. The minimum atomic E-state index is -1.87. The first-order valence-electron chi connectivity index (χ1n) is 4.46. The van der Waals surface area contributed by atoms with Crippen LogP contribution in [-0.4, -0.2) is 18.8 Å². The van der Waals surface area contributed by atoms with Crippen molar-refractivity contribution in [3.63, 3.8) is 0 Å². The molecule has 1 heterocycles. The Morgan fingerprint density at radius 2 is 1.62 bits per heavy atom. The fourth-order valence-corrected chi connectivity index (χ4v) is 1.96. The summed E-state index contributed by atoms with van der Waals surface area (Å²) in [5, 5.41) is 7.80. The fraction of sp³-hybridized carbons (Fsp3) is 0.750. The molecular weight excluding hydrogens is 315 g/mol. The van der Waals surface area contributed by atoms with Crippen LogP contribution >= 0.6 is 58.0 Å². The number of alkyl halides is 5. The molecule has 0 amide bonds. The molecule has 0 bridgehead atoms. The predicted molar refractivity (Wildman–Crippen MR) is 68.8 cm³/mol. The average molecular weight is 325 g/mol. The number of rotatable bonds is 2. The highest BCUT2D eigenvalue weighted by Gasteiger charge is 2.51. The maximum Gasteiger partial charge on any atom is 0.228 e. The topological polar surface area (TPSA) is 30.7 Å². The van der Waals surface area contributed by atoms with Crippen LogP contribution < -0.4 is 0 Å². The van der Waals surface area contributed by atoms with Gasteiger partial charge in [0.2, 0.25) is 8.13 Å². The molecule has 0 N–H and O–H groups in total. The van der Waals surface area contributed by atoms with E-state index in [1.54, 1.807) is 6.92 Å². The number of halogens is 5. The van der Waals surface area contributed by atoms with Crippen molar-refractivity contribution in [3.05, 3.63) is 11.4 Å². The summed E-state index contributed by atoms with van der Waals surface area (Å²) >= 11 is 29.5.